The van der Waals surface area contributed by atoms with Crippen molar-refractivity contribution in [2.75, 3.05) is 13.7 Å². The summed E-state index contributed by atoms with van der Waals surface area (Å²) >= 11 is 0. The van der Waals surface area contributed by atoms with Crippen LogP contribution in [0.4, 0.5) is 0 Å². The summed E-state index contributed by atoms with van der Waals surface area (Å²) in [4.78, 5) is 4.32. The highest BCUT2D eigenvalue weighted by atomic mass is 16.5. The lowest BCUT2D eigenvalue weighted by molar-refractivity contribution is -0.00177. The molecule has 0 saturated carbocycles. The number of ether oxygens (including phenoxy) is 2. The molecule has 3 nitrogen and oxygen atoms in total. The molecular weight excluding hydrogens is 250 g/mol. The van der Waals surface area contributed by atoms with E-state index in [2.05, 4.69) is 17.1 Å². The zero-order chi connectivity index (χ0) is 14.0. The van der Waals surface area contributed by atoms with E-state index in [1.165, 1.54) is 5.56 Å². The molecule has 0 unspecified atom stereocenters. The van der Waals surface area contributed by atoms with Crippen molar-refractivity contribution < 1.29 is 9.47 Å². The Labute approximate surface area is 120 Å². The fourth-order valence-electron chi connectivity index (χ4n) is 2.01. The van der Waals surface area contributed by atoms with Gasteiger partial charge in [-0.25, -0.2) is 0 Å². The Hall–Kier alpha value is -1.71. The first-order valence-electron chi connectivity index (χ1n) is 6.93. The lowest BCUT2D eigenvalue weighted by Crippen LogP contribution is -2.19. The lowest BCUT2D eigenvalue weighted by atomic mass is 10.1. The normalized spacial score (nSPS) is 12.2. The molecular formula is C17H21NO2. The summed E-state index contributed by atoms with van der Waals surface area (Å²) in [5, 5.41) is 0. The molecule has 0 fully saturated rings. The Balaban J connectivity index is 1.70. The average Bonchev–Trinajstić information content (AvgIpc) is 2.52. The minimum absolute atomic E-state index is 0.112. The molecule has 1 aromatic heterocycles. The number of nitrogens with zero attached hydrogens (tertiary/aromatic N) is 1. The van der Waals surface area contributed by atoms with Crippen LogP contribution in [0.1, 0.15) is 17.7 Å². The quantitative estimate of drug-likeness (QED) is 0.738. The molecule has 0 N–H and O–H groups in total. The summed E-state index contributed by atoms with van der Waals surface area (Å²) in [7, 11) is 1.73. The van der Waals surface area contributed by atoms with E-state index in [0.717, 1.165) is 18.5 Å². The van der Waals surface area contributed by atoms with Crippen LogP contribution in [-0.2, 0) is 22.5 Å². The highest BCUT2D eigenvalue weighted by Gasteiger charge is 2.08. The van der Waals surface area contributed by atoms with Gasteiger partial charge in [0.05, 0.1) is 19.3 Å². The van der Waals surface area contributed by atoms with Crippen molar-refractivity contribution in [3.8, 4) is 0 Å². The van der Waals surface area contributed by atoms with E-state index in [0.29, 0.717) is 13.2 Å². The number of hydrogen-bond donors (Lipinski definition) is 0. The van der Waals surface area contributed by atoms with Crippen LogP contribution in [-0.4, -0.2) is 24.8 Å². The first kappa shape index (κ1) is 14.7. The summed E-state index contributed by atoms with van der Waals surface area (Å²) in [5.74, 6) is 0. The Morgan fingerprint density at radius 2 is 1.85 bits per heavy atom. The molecule has 0 spiro atoms. The molecule has 1 aromatic carbocycles. The van der Waals surface area contributed by atoms with Gasteiger partial charge in [-0.05, 0) is 30.5 Å². The molecule has 106 valence electrons. The number of hydrogen-bond acceptors (Lipinski definition) is 3. The first-order chi connectivity index (χ1) is 9.88. The molecule has 0 aliphatic carbocycles. The predicted molar refractivity (Wildman–Crippen MR) is 79.5 cm³/mol. The number of pyridine rings is 1. The molecule has 20 heavy (non-hydrogen) atoms. The van der Waals surface area contributed by atoms with E-state index in [1.807, 2.05) is 42.6 Å². The van der Waals surface area contributed by atoms with E-state index in [4.69, 9.17) is 9.47 Å². The summed E-state index contributed by atoms with van der Waals surface area (Å²) in [6.07, 6.45) is 3.76. The van der Waals surface area contributed by atoms with Crippen LogP contribution in [0.15, 0.2) is 54.7 Å². The average molecular weight is 271 g/mol. The minimum Gasteiger partial charge on any atom is -0.379 e. The second-order valence-electron chi connectivity index (χ2n) is 4.72. The maximum absolute atomic E-state index is 5.72. The largest absolute Gasteiger partial charge is 0.379 e. The van der Waals surface area contributed by atoms with Gasteiger partial charge in [-0.3, -0.25) is 4.98 Å². The zero-order valence-corrected chi connectivity index (χ0v) is 11.9. The summed E-state index contributed by atoms with van der Waals surface area (Å²) in [6, 6.07) is 16.2. The van der Waals surface area contributed by atoms with Gasteiger partial charge in [0, 0.05) is 19.0 Å². The standard InChI is InChI=1S/C17H21NO2/c1-19-17(11-10-16-9-5-6-12-18-16)14-20-13-15-7-3-2-4-8-15/h2-9,12,17H,10-11,13-14H2,1H3/t17-/m0/s1. The molecule has 1 atom stereocenters. The van der Waals surface area contributed by atoms with Gasteiger partial charge in [-0.2, -0.15) is 0 Å². The fraction of sp³-hybridized carbons (Fsp3) is 0.353. The van der Waals surface area contributed by atoms with Crippen molar-refractivity contribution in [3.63, 3.8) is 0 Å². The Kier molecular flexibility index (Phi) is 6.21. The second-order valence-corrected chi connectivity index (χ2v) is 4.72. The van der Waals surface area contributed by atoms with Gasteiger partial charge in [-0.15, -0.1) is 0 Å². The molecule has 2 aromatic rings. The van der Waals surface area contributed by atoms with Crippen LogP contribution in [0.3, 0.4) is 0 Å². The van der Waals surface area contributed by atoms with Crippen molar-refractivity contribution in [1.29, 1.82) is 0 Å². The van der Waals surface area contributed by atoms with Crippen LogP contribution in [0, 0.1) is 0 Å². The molecule has 0 radical (unpaired) electrons. The van der Waals surface area contributed by atoms with Gasteiger partial charge in [0.2, 0.25) is 0 Å². The molecule has 0 saturated heterocycles. The van der Waals surface area contributed by atoms with Crippen molar-refractivity contribution in [1.82, 2.24) is 4.98 Å². The molecule has 0 bridgehead atoms. The Morgan fingerprint density at radius 1 is 1.05 bits per heavy atom. The maximum atomic E-state index is 5.72. The topological polar surface area (TPSA) is 31.4 Å². The van der Waals surface area contributed by atoms with E-state index in [1.54, 1.807) is 7.11 Å². The third kappa shape index (κ3) is 5.11. The highest BCUT2D eigenvalue weighted by Crippen LogP contribution is 2.07. The van der Waals surface area contributed by atoms with E-state index in [9.17, 15) is 0 Å². The van der Waals surface area contributed by atoms with Crippen molar-refractivity contribution >= 4 is 0 Å². The van der Waals surface area contributed by atoms with Crippen LogP contribution in [0.2, 0.25) is 0 Å². The second kappa shape index (κ2) is 8.46. The molecule has 0 amide bonds. The third-order valence-electron chi connectivity index (χ3n) is 3.20. The van der Waals surface area contributed by atoms with Crippen LogP contribution in [0.25, 0.3) is 0 Å². The molecule has 2 rings (SSSR count). The van der Waals surface area contributed by atoms with Crippen molar-refractivity contribution in [2.45, 2.75) is 25.6 Å². The number of aromatic nitrogens is 1. The summed E-state index contributed by atoms with van der Waals surface area (Å²) in [6.45, 7) is 1.24. The number of methoxy groups -OCH3 is 1. The smallest absolute Gasteiger partial charge is 0.0808 e. The zero-order valence-electron chi connectivity index (χ0n) is 11.9. The summed E-state index contributed by atoms with van der Waals surface area (Å²) in [5.41, 5.74) is 2.28. The third-order valence-corrected chi connectivity index (χ3v) is 3.20. The van der Waals surface area contributed by atoms with Crippen molar-refractivity contribution in [2.24, 2.45) is 0 Å². The number of aryl methyl sites for hydroxylation is 1. The van der Waals surface area contributed by atoms with Gasteiger partial charge in [0.15, 0.2) is 0 Å². The molecule has 1 heterocycles. The fourth-order valence-corrected chi connectivity index (χ4v) is 2.01. The number of rotatable bonds is 8. The van der Waals surface area contributed by atoms with Gasteiger partial charge < -0.3 is 9.47 Å². The van der Waals surface area contributed by atoms with E-state index >= 15 is 0 Å². The first-order valence-corrected chi connectivity index (χ1v) is 6.93. The van der Waals surface area contributed by atoms with E-state index < -0.39 is 0 Å². The monoisotopic (exact) mass is 271 g/mol. The maximum Gasteiger partial charge on any atom is 0.0808 e. The SMILES string of the molecule is CO[C@@H](CCc1ccccn1)COCc1ccccc1. The van der Waals surface area contributed by atoms with Gasteiger partial charge in [-0.1, -0.05) is 36.4 Å². The van der Waals surface area contributed by atoms with Crippen LogP contribution >= 0.6 is 0 Å². The van der Waals surface area contributed by atoms with Gasteiger partial charge in [0.1, 0.15) is 0 Å². The highest BCUT2D eigenvalue weighted by molar-refractivity contribution is 5.13. The molecule has 0 aliphatic rings. The lowest BCUT2D eigenvalue weighted by Gasteiger charge is -2.15. The van der Waals surface area contributed by atoms with Crippen LogP contribution in [0.5, 0.6) is 0 Å². The Morgan fingerprint density at radius 3 is 2.55 bits per heavy atom. The van der Waals surface area contributed by atoms with Crippen LogP contribution < -0.4 is 0 Å². The summed E-state index contributed by atoms with van der Waals surface area (Å²) < 4.78 is 11.2. The molecule has 0 aliphatic heterocycles. The Bertz CT molecular complexity index is 473. The minimum atomic E-state index is 0.112. The van der Waals surface area contributed by atoms with E-state index in [-0.39, 0.29) is 6.10 Å². The number of benzene rings is 1. The van der Waals surface area contributed by atoms with Crippen molar-refractivity contribution in [3.05, 3.63) is 66.0 Å². The van der Waals surface area contributed by atoms with Gasteiger partial charge >= 0.3 is 0 Å². The molecule has 3 heteroatoms. The predicted octanol–water partition coefficient (Wildman–Crippen LogP) is 3.25. The van der Waals surface area contributed by atoms with Gasteiger partial charge in [0.25, 0.3) is 0 Å².